The third-order valence-corrected chi connectivity index (χ3v) is 3.57. The number of carbonyl (C=O) groups excluding carboxylic acids is 1. The molecule has 0 atom stereocenters. The Bertz CT molecular complexity index is 600. The van der Waals surface area contributed by atoms with E-state index in [0.717, 1.165) is 27.0 Å². The van der Waals surface area contributed by atoms with Gasteiger partial charge in [-0.05, 0) is 35.9 Å². The van der Waals surface area contributed by atoms with Crippen molar-refractivity contribution in [2.24, 2.45) is 0 Å². The number of halogens is 2. The van der Waals surface area contributed by atoms with E-state index in [1.54, 1.807) is 6.07 Å². The Hall–Kier alpha value is -1.32. The summed E-state index contributed by atoms with van der Waals surface area (Å²) < 4.78 is 0.950. The first-order valence-corrected chi connectivity index (χ1v) is 6.97. The summed E-state index contributed by atoms with van der Waals surface area (Å²) in [7, 11) is 1.95. The molecule has 2 rings (SSSR count). The number of nitrogens with zero attached hydrogens (tertiary/aromatic N) is 1. The van der Waals surface area contributed by atoms with Crippen LogP contribution in [-0.2, 0) is 6.54 Å². The molecule has 0 aliphatic heterocycles. The minimum atomic E-state index is 0.674. The molecule has 0 unspecified atom stereocenters. The van der Waals surface area contributed by atoms with Crippen LogP contribution in [0.4, 0.5) is 5.69 Å². The van der Waals surface area contributed by atoms with Crippen LogP contribution in [0.25, 0.3) is 0 Å². The number of carbonyl (C=O) groups is 1. The molecule has 0 saturated carbocycles. The molecule has 2 aromatic carbocycles. The SMILES string of the molecule is CN(Cc1cccc(Cl)c1)c1cc(Br)ccc1C=O. The molecule has 0 spiro atoms. The highest BCUT2D eigenvalue weighted by Gasteiger charge is 2.08. The van der Waals surface area contributed by atoms with Gasteiger partial charge in [-0.25, -0.2) is 0 Å². The van der Waals surface area contributed by atoms with Gasteiger partial charge >= 0.3 is 0 Å². The molecule has 0 amide bonds. The molecule has 0 fully saturated rings. The summed E-state index contributed by atoms with van der Waals surface area (Å²) in [6.45, 7) is 0.692. The van der Waals surface area contributed by atoms with Gasteiger partial charge in [0.15, 0.2) is 6.29 Å². The Morgan fingerprint density at radius 1 is 1.26 bits per heavy atom. The van der Waals surface area contributed by atoms with Crippen LogP contribution in [0.2, 0.25) is 5.02 Å². The van der Waals surface area contributed by atoms with E-state index in [1.165, 1.54) is 0 Å². The molecule has 98 valence electrons. The topological polar surface area (TPSA) is 20.3 Å². The van der Waals surface area contributed by atoms with Crippen LogP contribution < -0.4 is 4.90 Å². The highest BCUT2D eigenvalue weighted by atomic mass is 79.9. The van der Waals surface area contributed by atoms with Gasteiger partial charge in [0, 0.05) is 34.3 Å². The van der Waals surface area contributed by atoms with Crippen molar-refractivity contribution < 1.29 is 4.79 Å². The first-order chi connectivity index (χ1) is 9.10. The molecule has 2 nitrogen and oxygen atoms in total. The Kier molecular flexibility index (Phi) is 4.61. The summed E-state index contributed by atoms with van der Waals surface area (Å²) in [6.07, 6.45) is 0.871. The standard InChI is InChI=1S/C15H13BrClNO/c1-18(9-11-3-2-4-14(17)7-11)15-8-13(16)6-5-12(15)10-19/h2-8,10H,9H2,1H3. The maximum absolute atomic E-state index is 11.1. The second-order valence-corrected chi connectivity index (χ2v) is 5.66. The zero-order chi connectivity index (χ0) is 13.8. The first kappa shape index (κ1) is 14.1. The van der Waals surface area contributed by atoms with E-state index in [-0.39, 0.29) is 0 Å². The maximum Gasteiger partial charge on any atom is 0.152 e. The van der Waals surface area contributed by atoms with Crippen molar-refractivity contribution in [3.8, 4) is 0 Å². The normalized spacial score (nSPS) is 10.3. The van der Waals surface area contributed by atoms with Gasteiger partial charge in [0.2, 0.25) is 0 Å². The second-order valence-electron chi connectivity index (χ2n) is 4.31. The number of benzene rings is 2. The predicted molar refractivity (Wildman–Crippen MR) is 83.1 cm³/mol. The van der Waals surface area contributed by atoms with Crippen molar-refractivity contribution in [3.63, 3.8) is 0 Å². The largest absolute Gasteiger partial charge is 0.370 e. The zero-order valence-electron chi connectivity index (χ0n) is 10.4. The summed E-state index contributed by atoms with van der Waals surface area (Å²) in [4.78, 5) is 13.1. The third kappa shape index (κ3) is 3.58. The van der Waals surface area contributed by atoms with Gasteiger partial charge in [-0.15, -0.1) is 0 Å². The predicted octanol–water partition coefficient (Wildman–Crippen LogP) is 4.55. The summed E-state index contributed by atoms with van der Waals surface area (Å²) in [6, 6.07) is 13.3. The van der Waals surface area contributed by atoms with Crippen LogP contribution in [0.1, 0.15) is 15.9 Å². The first-order valence-electron chi connectivity index (χ1n) is 5.80. The summed E-state index contributed by atoms with van der Waals surface area (Å²) in [5, 5.41) is 0.718. The van der Waals surface area contributed by atoms with E-state index in [2.05, 4.69) is 15.9 Å². The van der Waals surface area contributed by atoms with Gasteiger partial charge in [0.05, 0.1) is 0 Å². The fourth-order valence-electron chi connectivity index (χ4n) is 1.94. The number of hydrogen-bond acceptors (Lipinski definition) is 2. The summed E-state index contributed by atoms with van der Waals surface area (Å²) >= 11 is 9.40. The lowest BCUT2D eigenvalue weighted by atomic mass is 10.1. The van der Waals surface area contributed by atoms with Crippen molar-refractivity contribution >= 4 is 39.5 Å². The minimum absolute atomic E-state index is 0.674. The number of rotatable bonds is 4. The summed E-state index contributed by atoms with van der Waals surface area (Å²) in [5.74, 6) is 0. The van der Waals surface area contributed by atoms with Crippen LogP contribution in [0, 0.1) is 0 Å². The highest BCUT2D eigenvalue weighted by Crippen LogP contribution is 2.25. The van der Waals surface area contributed by atoms with Crippen molar-refractivity contribution in [2.75, 3.05) is 11.9 Å². The van der Waals surface area contributed by atoms with Crippen LogP contribution in [0.5, 0.6) is 0 Å². The number of aldehydes is 1. The van der Waals surface area contributed by atoms with Gasteiger partial charge in [-0.1, -0.05) is 39.7 Å². The Balaban J connectivity index is 2.26. The molecule has 0 heterocycles. The Morgan fingerprint density at radius 3 is 2.74 bits per heavy atom. The van der Waals surface area contributed by atoms with Crippen LogP contribution in [-0.4, -0.2) is 13.3 Å². The zero-order valence-corrected chi connectivity index (χ0v) is 12.8. The van der Waals surface area contributed by atoms with E-state index < -0.39 is 0 Å². The average Bonchev–Trinajstić information content (AvgIpc) is 2.38. The molecule has 19 heavy (non-hydrogen) atoms. The Morgan fingerprint density at radius 2 is 2.05 bits per heavy atom. The van der Waals surface area contributed by atoms with Crippen LogP contribution in [0.3, 0.4) is 0 Å². The second kappa shape index (κ2) is 6.22. The third-order valence-electron chi connectivity index (χ3n) is 2.84. The fourth-order valence-corrected chi connectivity index (χ4v) is 2.50. The number of anilines is 1. The van der Waals surface area contributed by atoms with E-state index in [9.17, 15) is 4.79 Å². The highest BCUT2D eigenvalue weighted by molar-refractivity contribution is 9.10. The van der Waals surface area contributed by atoms with Gasteiger partial charge in [0.1, 0.15) is 0 Å². The summed E-state index contributed by atoms with van der Waals surface area (Å²) in [5.41, 5.74) is 2.67. The molecule has 2 aromatic rings. The molecule has 0 bridgehead atoms. The molecular weight excluding hydrogens is 326 g/mol. The molecule has 0 aliphatic carbocycles. The fraction of sp³-hybridized carbons (Fsp3) is 0.133. The van der Waals surface area contributed by atoms with Crippen molar-refractivity contribution in [1.82, 2.24) is 0 Å². The maximum atomic E-state index is 11.1. The smallest absolute Gasteiger partial charge is 0.152 e. The Labute approximate surface area is 126 Å². The van der Waals surface area contributed by atoms with E-state index >= 15 is 0 Å². The molecule has 0 aliphatic rings. The van der Waals surface area contributed by atoms with Gasteiger partial charge in [0.25, 0.3) is 0 Å². The molecule has 0 radical (unpaired) electrons. The van der Waals surface area contributed by atoms with E-state index in [0.29, 0.717) is 12.1 Å². The van der Waals surface area contributed by atoms with Gasteiger partial charge in [-0.3, -0.25) is 4.79 Å². The monoisotopic (exact) mass is 337 g/mol. The lowest BCUT2D eigenvalue weighted by Crippen LogP contribution is -2.18. The number of hydrogen-bond donors (Lipinski definition) is 0. The van der Waals surface area contributed by atoms with Crippen molar-refractivity contribution in [1.29, 1.82) is 0 Å². The average molecular weight is 339 g/mol. The van der Waals surface area contributed by atoms with Crippen LogP contribution >= 0.6 is 27.5 Å². The molecule has 4 heteroatoms. The lowest BCUT2D eigenvalue weighted by Gasteiger charge is -2.21. The minimum Gasteiger partial charge on any atom is -0.370 e. The molecular formula is C15H13BrClNO. The van der Waals surface area contributed by atoms with Crippen LogP contribution in [0.15, 0.2) is 46.9 Å². The van der Waals surface area contributed by atoms with E-state index in [4.69, 9.17) is 11.6 Å². The molecule has 0 aromatic heterocycles. The van der Waals surface area contributed by atoms with Crippen molar-refractivity contribution in [3.05, 3.63) is 63.1 Å². The van der Waals surface area contributed by atoms with E-state index in [1.807, 2.05) is 48.3 Å². The van der Waals surface area contributed by atoms with Crippen molar-refractivity contribution in [2.45, 2.75) is 6.54 Å². The van der Waals surface area contributed by atoms with Gasteiger partial charge < -0.3 is 4.90 Å². The molecule has 0 saturated heterocycles. The quantitative estimate of drug-likeness (QED) is 0.762. The molecule has 0 N–H and O–H groups in total. The van der Waals surface area contributed by atoms with Gasteiger partial charge in [-0.2, -0.15) is 0 Å². The lowest BCUT2D eigenvalue weighted by molar-refractivity contribution is 0.112.